The number of anilines is 3. The lowest BCUT2D eigenvalue weighted by Gasteiger charge is -2.15. The third-order valence-corrected chi connectivity index (χ3v) is 4.10. The SMILES string of the molecule is Cc1cc(Br)cc(C)c1Nc1ccc(N)cc1I. The molecular weight excluding hydrogens is 403 g/mol. The molecule has 0 unspecified atom stereocenters. The molecule has 0 fully saturated rings. The quantitative estimate of drug-likeness (QED) is 0.534. The van der Waals surface area contributed by atoms with Crippen LogP contribution in [0, 0.1) is 17.4 Å². The molecule has 4 heteroatoms. The maximum Gasteiger partial charge on any atom is 0.0521 e. The van der Waals surface area contributed by atoms with Crippen molar-refractivity contribution in [2.75, 3.05) is 11.1 Å². The van der Waals surface area contributed by atoms with E-state index in [4.69, 9.17) is 5.73 Å². The molecule has 0 aliphatic heterocycles. The molecule has 3 N–H and O–H groups in total. The summed E-state index contributed by atoms with van der Waals surface area (Å²) in [5.41, 5.74) is 11.2. The molecule has 2 aromatic carbocycles. The van der Waals surface area contributed by atoms with E-state index in [1.165, 1.54) is 11.1 Å². The molecule has 0 aliphatic carbocycles. The fourth-order valence-electron chi connectivity index (χ4n) is 1.88. The average Bonchev–Trinajstić information content (AvgIpc) is 2.25. The first-order valence-corrected chi connectivity index (χ1v) is 7.43. The summed E-state index contributed by atoms with van der Waals surface area (Å²) in [7, 11) is 0. The number of halogens is 2. The van der Waals surface area contributed by atoms with Gasteiger partial charge >= 0.3 is 0 Å². The van der Waals surface area contributed by atoms with Gasteiger partial charge in [0.1, 0.15) is 0 Å². The van der Waals surface area contributed by atoms with Crippen LogP contribution in [-0.2, 0) is 0 Å². The molecule has 0 bridgehead atoms. The number of nitrogens with one attached hydrogen (secondary N) is 1. The van der Waals surface area contributed by atoms with Crippen LogP contribution in [-0.4, -0.2) is 0 Å². The van der Waals surface area contributed by atoms with Gasteiger partial charge in [-0.1, -0.05) is 15.9 Å². The summed E-state index contributed by atoms with van der Waals surface area (Å²) in [6, 6.07) is 10.1. The van der Waals surface area contributed by atoms with Crippen molar-refractivity contribution in [3.63, 3.8) is 0 Å². The molecule has 94 valence electrons. The van der Waals surface area contributed by atoms with Crippen LogP contribution in [0.3, 0.4) is 0 Å². The molecule has 0 saturated heterocycles. The van der Waals surface area contributed by atoms with Gasteiger partial charge in [0.2, 0.25) is 0 Å². The lowest BCUT2D eigenvalue weighted by Crippen LogP contribution is -1.99. The summed E-state index contributed by atoms with van der Waals surface area (Å²) >= 11 is 5.80. The van der Waals surface area contributed by atoms with Gasteiger partial charge in [-0.05, 0) is 77.9 Å². The number of nitrogen functional groups attached to an aromatic ring is 1. The minimum atomic E-state index is 0.786. The van der Waals surface area contributed by atoms with Crippen LogP contribution in [0.2, 0.25) is 0 Å². The molecule has 0 aromatic heterocycles. The number of hydrogen-bond acceptors (Lipinski definition) is 2. The topological polar surface area (TPSA) is 38.0 Å². The minimum Gasteiger partial charge on any atom is -0.399 e. The molecule has 0 spiro atoms. The summed E-state index contributed by atoms with van der Waals surface area (Å²) in [6.07, 6.45) is 0. The van der Waals surface area contributed by atoms with Crippen molar-refractivity contribution in [1.82, 2.24) is 0 Å². The van der Waals surface area contributed by atoms with Crippen LogP contribution in [0.5, 0.6) is 0 Å². The van der Waals surface area contributed by atoms with Gasteiger partial charge in [0.15, 0.2) is 0 Å². The molecule has 0 atom stereocenters. The second kappa shape index (κ2) is 5.48. The average molecular weight is 417 g/mol. The molecule has 0 radical (unpaired) electrons. The monoisotopic (exact) mass is 416 g/mol. The summed E-state index contributed by atoms with van der Waals surface area (Å²) in [5, 5.41) is 3.48. The summed E-state index contributed by atoms with van der Waals surface area (Å²) in [4.78, 5) is 0. The van der Waals surface area contributed by atoms with Gasteiger partial charge in [0, 0.05) is 19.4 Å². The lowest BCUT2D eigenvalue weighted by molar-refractivity contribution is 1.34. The molecule has 2 aromatic rings. The zero-order valence-corrected chi connectivity index (χ0v) is 14.0. The van der Waals surface area contributed by atoms with Crippen LogP contribution < -0.4 is 11.1 Å². The van der Waals surface area contributed by atoms with Crippen LogP contribution in [0.15, 0.2) is 34.8 Å². The Hall–Kier alpha value is -0.750. The van der Waals surface area contributed by atoms with E-state index < -0.39 is 0 Å². The van der Waals surface area contributed by atoms with Crippen molar-refractivity contribution in [3.05, 3.63) is 49.5 Å². The van der Waals surface area contributed by atoms with Crippen molar-refractivity contribution in [2.24, 2.45) is 0 Å². The second-order valence-corrected chi connectivity index (χ2v) is 6.36. The van der Waals surface area contributed by atoms with E-state index in [-0.39, 0.29) is 0 Å². The van der Waals surface area contributed by atoms with Crippen molar-refractivity contribution in [3.8, 4) is 0 Å². The first kappa shape index (κ1) is 13.7. The molecule has 2 rings (SSSR count). The Labute approximate surface area is 129 Å². The standard InChI is InChI=1S/C14H14BrIN2/c1-8-5-10(15)6-9(2)14(8)18-13-4-3-11(17)7-12(13)16/h3-7,18H,17H2,1-2H3. The Morgan fingerprint density at radius 1 is 1.11 bits per heavy atom. The van der Waals surface area contributed by atoms with Gasteiger partial charge in [-0.2, -0.15) is 0 Å². The van der Waals surface area contributed by atoms with E-state index in [1.54, 1.807) is 0 Å². The summed E-state index contributed by atoms with van der Waals surface area (Å²) in [5.74, 6) is 0. The first-order chi connectivity index (χ1) is 8.47. The molecule has 0 amide bonds. The molecule has 0 saturated carbocycles. The van der Waals surface area contributed by atoms with Gasteiger partial charge < -0.3 is 11.1 Å². The van der Waals surface area contributed by atoms with E-state index in [0.717, 1.165) is 25.1 Å². The normalized spacial score (nSPS) is 10.4. The van der Waals surface area contributed by atoms with E-state index in [9.17, 15) is 0 Å². The largest absolute Gasteiger partial charge is 0.399 e. The fraction of sp³-hybridized carbons (Fsp3) is 0.143. The van der Waals surface area contributed by atoms with E-state index in [2.05, 4.69) is 69.8 Å². The number of benzene rings is 2. The third-order valence-electron chi connectivity index (χ3n) is 2.75. The molecule has 0 aliphatic rings. The highest BCUT2D eigenvalue weighted by Gasteiger charge is 2.07. The number of aryl methyl sites for hydroxylation is 2. The molecular formula is C14H14BrIN2. The smallest absolute Gasteiger partial charge is 0.0521 e. The zero-order chi connectivity index (χ0) is 13.3. The van der Waals surface area contributed by atoms with Gasteiger partial charge in [-0.3, -0.25) is 0 Å². The van der Waals surface area contributed by atoms with Crippen molar-refractivity contribution in [1.29, 1.82) is 0 Å². The maximum absolute atomic E-state index is 5.76. The van der Waals surface area contributed by atoms with Crippen LogP contribution >= 0.6 is 38.5 Å². The summed E-state index contributed by atoms with van der Waals surface area (Å²) in [6.45, 7) is 4.20. The predicted octanol–water partition coefficient (Wildman–Crippen LogP) is 5.00. The highest BCUT2D eigenvalue weighted by molar-refractivity contribution is 14.1. The predicted molar refractivity (Wildman–Crippen MR) is 90.5 cm³/mol. The zero-order valence-electron chi connectivity index (χ0n) is 10.2. The molecule has 0 heterocycles. The van der Waals surface area contributed by atoms with Crippen molar-refractivity contribution >= 4 is 55.6 Å². The Balaban J connectivity index is 2.40. The number of nitrogens with two attached hydrogens (primary N) is 1. The highest BCUT2D eigenvalue weighted by Crippen LogP contribution is 2.30. The van der Waals surface area contributed by atoms with Crippen LogP contribution in [0.4, 0.5) is 17.1 Å². The van der Waals surface area contributed by atoms with E-state index in [1.807, 2.05) is 18.2 Å². The number of hydrogen-bond donors (Lipinski definition) is 2. The minimum absolute atomic E-state index is 0.786. The Kier molecular flexibility index (Phi) is 4.17. The Bertz CT molecular complexity index is 573. The first-order valence-electron chi connectivity index (χ1n) is 5.56. The van der Waals surface area contributed by atoms with E-state index >= 15 is 0 Å². The van der Waals surface area contributed by atoms with Gasteiger partial charge in [-0.25, -0.2) is 0 Å². The van der Waals surface area contributed by atoms with Crippen molar-refractivity contribution < 1.29 is 0 Å². The van der Waals surface area contributed by atoms with E-state index in [0.29, 0.717) is 0 Å². The Morgan fingerprint density at radius 3 is 2.28 bits per heavy atom. The summed E-state index contributed by atoms with van der Waals surface area (Å²) < 4.78 is 2.23. The second-order valence-electron chi connectivity index (χ2n) is 4.28. The van der Waals surface area contributed by atoms with Gasteiger partial charge in [0.25, 0.3) is 0 Å². The molecule has 2 nitrogen and oxygen atoms in total. The third kappa shape index (κ3) is 2.98. The highest BCUT2D eigenvalue weighted by atomic mass is 127. The van der Waals surface area contributed by atoms with Crippen LogP contribution in [0.25, 0.3) is 0 Å². The Morgan fingerprint density at radius 2 is 1.72 bits per heavy atom. The number of rotatable bonds is 2. The molecule has 18 heavy (non-hydrogen) atoms. The van der Waals surface area contributed by atoms with Gasteiger partial charge in [-0.15, -0.1) is 0 Å². The lowest BCUT2D eigenvalue weighted by atomic mass is 10.1. The maximum atomic E-state index is 5.76. The van der Waals surface area contributed by atoms with Crippen molar-refractivity contribution in [2.45, 2.75) is 13.8 Å². The van der Waals surface area contributed by atoms with Gasteiger partial charge in [0.05, 0.1) is 5.69 Å². The van der Waals surface area contributed by atoms with Crippen LogP contribution in [0.1, 0.15) is 11.1 Å². The fourth-order valence-corrected chi connectivity index (χ4v) is 3.24.